The first-order chi connectivity index (χ1) is 15.8. The van der Waals surface area contributed by atoms with E-state index in [1.165, 1.54) is 17.7 Å². The van der Waals surface area contributed by atoms with E-state index in [0.717, 1.165) is 43.9 Å². The minimum atomic E-state index is -0.421. The lowest BCUT2D eigenvalue weighted by Crippen LogP contribution is -2.43. The molecule has 2 N–H and O–H groups in total. The molecule has 1 saturated heterocycles. The average molecular weight is 450 g/mol. The third-order valence-corrected chi connectivity index (χ3v) is 6.25. The highest BCUT2D eigenvalue weighted by Crippen LogP contribution is 2.31. The second kappa shape index (κ2) is 9.83. The molecule has 4 rings (SSSR count). The van der Waals surface area contributed by atoms with Gasteiger partial charge < -0.3 is 5.32 Å². The van der Waals surface area contributed by atoms with Gasteiger partial charge in [-0.2, -0.15) is 5.10 Å². The molecule has 0 saturated carbocycles. The van der Waals surface area contributed by atoms with Gasteiger partial charge >= 0.3 is 0 Å². The third kappa shape index (κ3) is 5.66. The first kappa shape index (κ1) is 23.1. The number of carbonyl (C=O) groups excluding carboxylic acids is 1. The highest BCUT2D eigenvalue weighted by atomic mass is 19.1. The van der Waals surface area contributed by atoms with Gasteiger partial charge in [0, 0.05) is 41.5 Å². The number of hydrogen-bond donors (Lipinski definition) is 2. The van der Waals surface area contributed by atoms with Crippen LogP contribution in [0.3, 0.4) is 0 Å². The summed E-state index contributed by atoms with van der Waals surface area (Å²) in [5.41, 5.74) is 3.51. The van der Waals surface area contributed by atoms with Gasteiger partial charge in [-0.25, -0.2) is 4.39 Å². The molecule has 1 aliphatic heterocycles. The standard InChI is InChI=1S/C26H32FN5O/c1-26(2,3)24-20(15-29-31-24)17-32-13-7-9-19(16-32)23(22-11-4-5-12-28-22)30-25(33)18-8-6-10-21(27)14-18/h4-6,8,10-12,14-15,19,23H,7,9,13,16-17H2,1-3H3,(H,29,31)(H,30,33)/t19-,23+/m0/s1. The molecule has 3 aromatic rings. The summed E-state index contributed by atoms with van der Waals surface area (Å²) in [6.07, 6.45) is 5.69. The normalized spacial score (nSPS) is 18.1. The Hall–Kier alpha value is -3.06. The molecule has 33 heavy (non-hydrogen) atoms. The Balaban J connectivity index is 1.53. The number of aromatic nitrogens is 3. The van der Waals surface area contributed by atoms with E-state index in [1.807, 2.05) is 24.4 Å². The van der Waals surface area contributed by atoms with Crippen LogP contribution < -0.4 is 5.32 Å². The minimum Gasteiger partial charge on any atom is -0.343 e. The number of amides is 1. The fourth-order valence-corrected chi connectivity index (χ4v) is 4.68. The number of halogens is 1. The van der Waals surface area contributed by atoms with Gasteiger partial charge in [0.15, 0.2) is 0 Å². The maximum Gasteiger partial charge on any atom is 0.251 e. The lowest BCUT2D eigenvalue weighted by molar-refractivity contribution is 0.0874. The fourth-order valence-electron chi connectivity index (χ4n) is 4.68. The zero-order chi connectivity index (χ0) is 23.4. The van der Waals surface area contributed by atoms with E-state index < -0.39 is 5.82 Å². The molecule has 0 unspecified atom stereocenters. The summed E-state index contributed by atoms with van der Waals surface area (Å²) in [4.78, 5) is 20.0. The SMILES string of the molecule is CC(C)(C)c1[nH]ncc1CN1CCC[C@H]([C@@H](NC(=O)c2cccc(F)c2)c2ccccn2)C1. The molecule has 1 amide bonds. The molecule has 7 heteroatoms. The summed E-state index contributed by atoms with van der Waals surface area (Å²) < 4.78 is 13.7. The van der Waals surface area contributed by atoms with E-state index in [-0.39, 0.29) is 23.3 Å². The Bertz CT molecular complexity index is 1080. The summed E-state index contributed by atoms with van der Waals surface area (Å²) in [6, 6.07) is 11.3. The highest BCUT2D eigenvalue weighted by molar-refractivity contribution is 5.94. The summed E-state index contributed by atoms with van der Waals surface area (Å²) in [5.74, 6) is -0.515. The number of pyridine rings is 1. The van der Waals surface area contributed by atoms with Gasteiger partial charge in [0.05, 0.1) is 17.9 Å². The predicted molar refractivity (Wildman–Crippen MR) is 126 cm³/mol. The summed E-state index contributed by atoms with van der Waals surface area (Å²) in [6.45, 7) is 9.19. The van der Waals surface area contributed by atoms with Gasteiger partial charge in [-0.1, -0.05) is 32.9 Å². The monoisotopic (exact) mass is 449 g/mol. The van der Waals surface area contributed by atoms with Crippen molar-refractivity contribution in [3.8, 4) is 0 Å². The largest absolute Gasteiger partial charge is 0.343 e. The molecule has 6 nitrogen and oxygen atoms in total. The summed E-state index contributed by atoms with van der Waals surface area (Å²) in [7, 11) is 0. The lowest BCUT2D eigenvalue weighted by Gasteiger charge is -2.37. The predicted octanol–water partition coefficient (Wildman–Crippen LogP) is 4.62. The van der Waals surface area contributed by atoms with Crippen molar-refractivity contribution in [3.05, 3.63) is 83.2 Å². The molecule has 1 aliphatic rings. The van der Waals surface area contributed by atoms with Gasteiger partial charge in [0.1, 0.15) is 5.82 Å². The van der Waals surface area contributed by atoms with Gasteiger partial charge in [-0.05, 0) is 55.6 Å². The smallest absolute Gasteiger partial charge is 0.251 e. The van der Waals surface area contributed by atoms with E-state index in [2.05, 4.69) is 46.2 Å². The topological polar surface area (TPSA) is 73.9 Å². The first-order valence-corrected chi connectivity index (χ1v) is 11.5. The molecule has 2 aromatic heterocycles. The molecule has 3 heterocycles. The number of aromatic amines is 1. The average Bonchev–Trinajstić information content (AvgIpc) is 3.27. The van der Waals surface area contributed by atoms with Gasteiger partial charge in [0.25, 0.3) is 5.91 Å². The molecular weight excluding hydrogens is 417 g/mol. The van der Waals surface area contributed by atoms with Crippen molar-refractivity contribution in [2.75, 3.05) is 13.1 Å². The van der Waals surface area contributed by atoms with Crippen molar-refractivity contribution in [3.63, 3.8) is 0 Å². The van der Waals surface area contributed by atoms with Gasteiger partial charge in [-0.3, -0.25) is 19.8 Å². The number of nitrogens with one attached hydrogen (secondary N) is 2. The number of likely N-dealkylation sites (tertiary alicyclic amines) is 1. The lowest BCUT2D eigenvalue weighted by atomic mass is 9.87. The van der Waals surface area contributed by atoms with Crippen LogP contribution in [0.4, 0.5) is 4.39 Å². The van der Waals surface area contributed by atoms with E-state index in [9.17, 15) is 9.18 Å². The van der Waals surface area contributed by atoms with Crippen molar-refractivity contribution < 1.29 is 9.18 Å². The van der Waals surface area contributed by atoms with Crippen LogP contribution in [0.1, 0.15) is 67.0 Å². The van der Waals surface area contributed by atoms with Crippen LogP contribution in [0.5, 0.6) is 0 Å². The Morgan fingerprint density at radius 2 is 2.12 bits per heavy atom. The van der Waals surface area contributed by atoms with E-state index >= 15 is 0 Å². The van der Waals surface area contributed by atoms with Crippen LogP contribution in [0.15, 0.2) is 54.9 Å². The van der Waals surface area contributed by atoms with E-state index in [4.69, 9.17) is 0 Å². The summed E-state index contributed by atoms with van der Waals surface area (Å²) in [5, 5.41) is 10.6. The quantitative estimate of drug-likeness (QED) is 0.576. The third-order valence-electron chi connectivity index (χ3n) is 6.25. The van der Waals surface area contributed by atoms with Crippen LogP contribution in [0.2, 0.25) is 0 Å². The van der Waals surface area contributed by atoms with E-state index in [1.54, 1.807) is 18.3 Å². The summed E-state index contributed by atoms with van der Waals surface area (Å²) >= 11 is 0. The molecular formula is C26H32FN5O. The van der Waals surface area contributed by atoms with Crippen LogP contribution in [0.25, 0.3) is 0 Å². The number of carbonyl (C=O) groups is 1. The maximum atomic E-state index is 13.7. The van der Waals surface area contributed by atoms with Crippen molar-refractivity contribution >= 4 is 5.91 Å². The molecule has 2 atom stereocenters. The zero-order valence-electron chi connectivity index (χ0n) is 19.5. The van der Waals surface area contributed by atoms with E-state index in [0.29, 0.717) is 5.56 Å². The number of benzene rings is 1. The van der Waals surface area contributed by atoms with Crippen LogP contribution in [-0.4, -0.2) is 39.1 Å². The number of H-pyrrole nitrogens is 1. The number of hydrogen-bond acceptors (Lipinski definition) is 4. The van der Waals surface area contributed by atoms with Crippen LogP contribution in [-0.2, 0) is 12.0 Å². The van der Waals surface area contributed by atoms with Crippen molar-refractivity contribution in [1.29, 1.82) is 0 Å². The molecule has 1 fully saturated rings. The first-order valence-electron chi connectivity index (χ1n) is 11.5. The molecule has 174 valence electrons. The molecule has 0 bridgehead atoms. The Labute approximate surface area is 194 Å². The van der Waals surface area contributed by atoms with Crippen molar-refractivity contribution in [1.82, 2.24) is 25.4 Å². The molecule has 0 radical (unpaired) electrons. The maximum absolute atomic E-state index is 13.7. The van der Waals surface area contributed by atoms with Crippen molar-refractivity contribution in [2.24, 2.45) is 5.92 Å². The minimum absolute atomic E-state index is 0.00352. The highest BCUT2D eigenvalue weighted by Gasteiger charge is 2.31. The number of piperidine rings is 1. The Morgan fingerprint density at radius 3 is 2.85 bits per heavy atom. The molecule has 0 spiro atoms. The molecule has 1 aromatic carbocycles. The fraction of sp³-hybridized carbons (Fsp3) is 0.423. The van der Waals surface area contributed by atoms with Gasteiger partial charge in [0.2, 0.25) is 0 Å². The molecule has 0 aliphatic carbocycles. The zero-order valence-corrected chi connectivity index (χ0v) is 19.5. The van der Waals surface area contributed by atoms with Gasteiger partial charge in [-0.15, -0.1) is 0 Å². The second-order valence-electron chi connectivity index (χ2n) is 9.87. The Morgan fingerprint density at radius 1 is 1.27 bits per heavy atom. The number of nitrogens with zero attached hydrogens (tertiary/aromatic N) is 3. The number of rotatable bonds is 6. The van der Waals surface area contributed by atoms with Crippen LogP contribution in [0, 0.1) is 11.7 Å². The van der Waals surface area contributed by atoms with Crippen molar-refractivity contribution in [2.45, 2.75) is 51.6 Å². The van der Waals surface area contributed by atoms with Crippen LogP contribution >= 0.6 is 0 Å². The Kier molecular flexibility index (Phi) is 6.88. The second-order valence-corrected chi connectivity index (χ2v) is 9.87.